The van der Waals surface area contributed by atoms with Crippen molar-refractivity contribution < 1.29 is 4.39 Å². The highest BCUT2D eigenvalue weighted by molar-refractivity contribution is 6.31. The smallest absolute Gasteiger partial charge is 0.123 e. The fraction of sp³-hybridized carbons (Fsp3) is 0.333. The second-order valence-corrected chi connectivity index (χ2v) is 6.28. The number of nitrogens with one attached hydrogen (secondary N) is 1. The van der Waals surface area contributed by atoms with Gasteiger partial charge in [-0.15, -0.1) is 0 Å². The summed E-state index contributed by atoms with van der Waals surface area (Å²) in [5.74, 6) is -0.190. The van der Waals surface area contributed by atoms with E-state index < -0.39 is 0 Å². The number of benzene rings is 2. The van der Waals surface area contributed by atoms with Crippen molar-refractivity contribution in [3.8, 4) is 11.1 Å². The Bertz CT molecular complexity index is 654. The standard InChI is InChI=1S/C18H19ClFN/c1-11-7-15(20)8-12(2)18(11)13-3-4-14(17(19)9-13)10-21-16-5-6-16/h3-4,7-9,16,21H,5-6,10H2,1-2H3. The van der Waals surface area contributed by atoms with Gasteiger partial charge in [0.25, 0.3) is 0 Å². The quantitative estimate of drug-likeness (QED) is 0.836. The second-order valence-electron chi connectivity index (χ2n) is 5.88. The van der Waals surface area contributed by atoms with Crippen LogP contribution in [0, 0.1) is 19.7 Å². The van der Waals surface area contributed by atoms with Crippen LogP contribution in [0.1, 0.15) is 29.5 Å². The lowest BCUT2D eigenvalue weighted by Crippen LogP contribution is -2.15. The molecule has 0 bridgehead atoms. The lowest BCUT2D eigenvalue weighted by molar-refractivity contribution is 0.625. The van der Waals surface area contributed by atoms with Gasteiger partial charge in [-0.1, -0.05) is 23.7 Å². The summed E-state index contributed by atoms with van der Waals surface area (Å²) in [6.07, 6.45) is 2.54. The first kappa shape index (κ1) is 14.6. The van der Waals surface area contributed by atoms with E-state index in [-0.39, 0.29) is 5.82 Å². The molecule has 1 aliphatic carbocycles. The summed E-state index contributed by atoms with van der Waals surface area (Å²) >= 11 is 6.41. The zero-order valence-electron chi connectivity index (χ0n) is 12.3. The van der Waals surface area contributed by atoms with Crippen LogP contribution in [0.3, 0.4) is 0 Å². The first-order chi connectivity index (χ1) is 10.0. The average Bonchev–Trinajstić information content (AvgIpc) is 3.20. The Kier molecular flexibility index (Phi) is 4.01. The van der Waals surface area contributed by atoms with E-state index in [1.54, 1.807) is 12.1 Å². The Morgan fingerprint density at radius 1 is 1.14 bits per heavy atom. The molecule has 1 N–H and O–H groups in total. The van der Waals surface area contributed by atoms with Gasteiger partial charge in [-0.25, -0.2) is 4.39 Å². The lowest BCUT2D eigenvalue weighted by Gasteiger charge is -2.13. The largest absolute Gasteiger partial charge is 0.310 e. The second kappa shape index (κ2) is 5.78. The van der Waals surface area contributed by atoms with Crippen molar-refractivity contribution in [1.82, 2.24) is 5.32 Å². The summed E-state index contributed by atoms with van der Waals surface area (Å²) in [6.45, 7) is 4.68. The Hall–Kier alpha value is -1.38. The van der Waals surface area contributed by atoms with Crippen molar-refractivity contribution in [2.75, 3.05) is 0 Å². The molecule has 1 fully saturated rings. The van der Waals surface area contributed by atoms with E-state index >= 15 is 0 Å². The molecule has 0 atom stereocenters. The first-order valence-electron chi connectivity index (χ1n) is 7.33. The van der Waals surface area contributed by atoms with Crippen molar-refractivity contribution in [2.45, 2.75) is 39.3 Å². The van der Waals surface area contributed by atoms with E-state index in [1.807, 2.05) is 19.9 Å². The van der Waals surface area contributed by atoms with Crippen molar-refractivity contribution in [1.29, 1.82) is 0 Å². The Morgan fingerprint density at radius 2 is 1.81 bits per heavy atom. The van der Waals surface area contributed by atoms with Crippen LogP contribution in [-0.2, 0) is 6.54 Å². The highest BCUT2D eigenvalue weighted by Gasteiger charge is 2.20. The van der Waals surface area contributed by atoms with Gasteiger partial charge in [0, 0.05) is 17.6 Å². The fourth-order valence-corrected chi connectivity index (χ4v) is 3.00. The third-order valence-electron chi connectivity index (χ3n) is 4.00. The fourth-order valence-electron chi connectivity index (χ4n) is 2.75. The number of hydrogen-bond acceptors (Lipinski definition) is 1. The van der Waals surface area contributed by atoms with Gasteiger partial charge in [-0.2, -0.15) is 0 Å². The maximum atomic E-state index is 13.4. The van der Waals surface area contributed by atoms with Crippen LogP contribution in [0.2, 0.25) is 5.02 Å². The topological polar surface area (TPSA) is 12.0 Å². The highest BCUT2D eigenvalue weighted by atomic mass is 35.5. The van der Waals surface area contributed by atoms with E-state index in [0.717, 1.165) is 39.4 Å². The molecular weight excluding hydrogens is 285 g/mol. The summed E-state index contributed by atoms with van der Waals surface area (Å²) in [4.78, 5) is 0. The third kappa shape index (κ3) is 3.28. The summed E-state index contributed by atoms with van der Waals surface area (Å²) < 4.78 is 13.4. The number of halogens is 2. The molecule has 1 nitrogen and oxygen atoms in total. The van der Waals surface area contributed by atoms with Crippen LogP contribution in [-0.4, -0.2) is 6.04 Å². The maximum absolute atomic E-state index is 13.4. The minimum Gasteiger partial charge on any atom is -0.310 e. The van der Waals surface area contributed by atoms with E-state index in [9.17, 15) is 4.39 Å². The third-order valence-corrected chi connectivity index (χ3v) is 4.35. The van der Waals surface area contributed by atoms with E-state index in [2.05, 4.69) is 17.4 Å². The molecule has 0 unspecified atom stereocenters. The maximum Gasteiger partial charge on any atom is 0.123 e. The van der Waals surface area contributed by atoms with E-state index in [0.29, 0.717) is 6.04 Å². The lowest BCUT2D eigenvalue weighted by atomic mass is 9.95. The predicted octanol–water partition coefficient (Wildman–Crippen LogP) is 5.01. The van der Waals surface area contributed by atoms with E-state index in [4.69, 9.17) is 11.6 Å². The Balaban J connectivity index is 1.90. The van der Waals surface area contributed by atoms with Crippen LogP contribution in [0.25, 0.3) is 11.1 Å². The molecule has 0 saturated heterocycles. The van der Waals surface area contributed by atoms with Crippen LogP contribution in [0.4, 0.5) is 4.39 Å². The Morgan fingerprint density at radius 3 is 2.38 bits per heavy atom. The molecule has 1 saturated carbocycles. The van der Waals surface area contributed by atoms with Gasteiger partial charge in [0.15, 0.2) is 0 Å². The predicted molar refractivity (Wildman–Crippen MR) is 86.2 cm³/mol. The van der Waals surface area contributed by atoms with Gasteiger partial charge in [0.05, 0.1) is 0 Å². The summed E-state index contributed by atoms with van der Waals surface area (Å²) in [6, 6.07) is 9.93. The highest BCUT2D eigenvalue weighted by Crippen LogP contribution is 2.31. The molecule has 21 heavy (non-hydrogen) atoms. The SMILES string of the molecule is Cc1cc(F)cc(C)c1-c1ccc(CNC2CC2)c(Cl)c1. The van der Waals surface area contributed by atoms with Crippen molar-refractivity contribution >= 4 is 11.6 Å². The van der Waals surface area contributed by atoms with Crippen LogP contribution in [0.15, 0.2) is 30.3 Å². The Labute approximate surface area is 130 Å². The van der Waals surface area contributed by atoms with Gasteiger partial charge in [0.2, 0.25) is 0 Å². The van der Waals surface area contributed by atoms with E-state index in [1.165, 1.54) is 12.8 Å². The van der Waals surface area contributed by atoms with Gasteiger partial charge in [-0.05, 0) is 72.7 Å². The molecule has 110 valence electrons. The number of rotatable bonds is 4. The summed E-state index contributed by atoms with van der Waals surface area (Å²) in [5.41, 5.74) is 5.11. The molecule has 0 aliphatic heterocycles. The minimum absolute atomic E-state index is 0.190. The van der Waals surface area contributed by atoms with Gasteiger partial charge >= 0.3 is 0 Å². The molecule has 0 amide bonds. The van der Waals surface area contributed by atoms with Crippen molar-refractivity contribution in [3.63, 3.8) is 0 Å². The molecule has 2 aromatic carbocycles. The molecule has 3 rings (SSSR count). The van der Waals surface area contributed by atoms with Crippen LogP contribution >= 0.6 is 11.6 Å². The molecule has 0 spiro atoms. The molecule has 0 aromatic heterocycles. The van der Waals surface area contributed by atoms with Crippen LogP contribution in [0.5, 0.6) is 0 Å². The average molecular weight is 304 g/mol. The normalized spacial score (nSPS) is 14.5. The minimum atomic E-state index is -0.190. The summed E-state index contributed by atoms with van der Waals surface area (Å²) in [5, 5.41) is 4.24. The van der Waals surface area contributed by atoms with Gasteiger partial charge in [0.1, 0.15) is 5.82 Å². The van der Waals surface area contributed by atoms with Crippen LogP contribution < -0.4 is 5.32 Å². The van der Waals surface area contributed by atoms with Crippen molar-refractivity contribution in [3.05, 3.63) is 57.9 Å². The molecule has 0 radical (unpaired) electrons. The molecule has 0 heterocycles. The molecular formula is C18H19ClFN. The molecule has 3 heteroatoms. The first-order valence-corrected chi connectivity index (χ1v) is 7.71. The number of aryl methyl sites for hydroxylation is 2. The monoisotopic (exact) mass is 303 g/mol. The summed E-state index contributed by atoms with van der Waals surface area (Å²) in [7, 11) is 0. The van der Waals surface area contributed by atoms with Gasteiger partial charge < -0.3 is 5.32 Å². The molecule has 1 aliphatic rings. The zero-order valence-corrected chi connectivity index (χ0v) is 13.1. The molecule has 2 aromatic rings. The zero-order chi connectivity index (χ0) is 15.0. The number of hydrogen-bond donors (Lipinski definition) is 1. The van der Waals surface area contributed by atoms with Crippen molar-refractivity contribution in [2.24, 2.45) is 0 Å². The van der Waals surface area contributed by atoms with Gasteiger partial charge in [-0.3, -0.25) is 0 Å².